The molecule has 0 aromatic carbocycles. The second-order valence-corrected chi connectivity index (χ2v) is 5.65. The molecule has 4 nitrogen and oxygen atoms in total. The van der Waals surface area contributed by atoms with Gasteiger partial charge in [-0.1, -0.05) is 29.8 Å². The maximum atomic E-state index is 11.7. The molecule has 1 amide bonds. The van der Waals surface area contributed by atoms with Crippen LogP contribution >= 0.6 is 15.9 Å². The van der Waals surface area contributed by atoms with Crippen molar-refractivity contribution < 1.29 is 4.79 Å². The Morgan fingerprint density at radius 1 is 1.53 bits per heavy atom. The lowest BCUT2D eigenvalue weighted by Crippen LogP contribution is -2.33. The van der Waals surface area contributed by atoms with E-state index in [1.165, 1.54) is 18.5 Å². The van der Waals surface area contributed by atoms with E-state index in [2.05, 4.69) is 40.1 Å². The fourth-order valence-electron chi connectivity index (χ4n) is 1.49. The Kier molecular flexibility index (Phi) is 5.41. The van der Waals surface area contributed by atoms with Crippen LogP contribution in [0.4, 0.5) is 0 Å². The van der Waals surface area contributed by atoms with Gasteiger partial charge in [0, 0.05) is 29.8 Å². The minimum absolute atomic E-state index is 0.150. The van der Waals surface area contributed by atoms with Crippen LogP contribution in [-0.4, -0.2) is 22.3 Å². The molecule has 0 saturated heterocycles. The van der Waals surface area contributed by atoms with E-state index in [-0.39, 0.29) is 21.7 Å². The highest BCUT2D eigenvalue weighted by atomic mass is 79.9. The van der Waals surface area contributed by atoms with E-state index >= 15 is 0 Å². The molecule has 0 aliphatic heterocycles. The molecule has 94 valence electrons. The summed E-state index contributed by atoms with van der Waals surface area (Å²) in [5, 5.41) is 2.74. The van der Waals surface area contributed by atoms with Crippen LogP contribution in [0.25, 0.3) is 0 Å². The van der Waals surface area contributed by atoms with E-state index in [0.29, 0.717) is 12.5 Å². The number of H-pyrrole nitrogens is 1. The number of amides is 1. The Balaban J connectivity index is 2.51. The Morgan fingerprint density at radius 3 is 2.82 bits per heavy atom. The van der Waals surface area contributed by atoms with Crippen LogP contribution in [0.1, 0.15) is 30.6 Å². The van der Waals surface area contributed by atoms with Gasteiger partial charge in [0.15, 0.2) is 5.43 Å². The first-order chi connectivity index (χ1) is 8.00. The number of aromatic nitrogens is 1. The molecule has 0 aliphatic carbocycles. The van der Waals surface area contributed by atoms with Crippen LogP contribution < -0.4 is 10.7 Å². The third kappa shape index (κ3) is 4.73. The second kappa shape index (κ2) is 6.59. The first kappa shape index (κ1) is 14.0. The molecular formula is C12H17BrN2O2. The van der Waals surface area contributed by atoms with Crippen LogP contribution in [0.15, 0.2) is 23.3 Å². The topological polar surface area (TPSA) is 62.0 Å². The number of alkyl halides is 1. The Labute approximate surface area is 109 Å². The van der Waals surface area contributed by atoms with E-state index in [9.17, 15) is 9.59 Å². The molecule has 0 aliphatic rings. The molecule has 1 heterocycles. The van der Waals surface area contributed by atoms with E-state index in [4.69, 9.17) is 0 Å². The van der Waals surface area contributed by atoms with E-state index in [1.54, 1.807) is 0 Å². The van der Waals surface area contributed by atoms with Gasteiger partial charge in [0.25, 0.3) is 5.91 Å². The van der Waals surface area contributed by atoms with E-state index in [0.717, 1.165) is 6.42 Å². The number of pyridine rings is 1. The van der Waals surface area contributed by atoms with Crippen LogP contribution in [0, 0.1) is 5.92 Å². The average Bonchev–Trinajstić information content (AvgIpc) is 2.25. The lowest BCUT2D eigenvalue weighted by atomic mass is 10.1. The molecule has 0 spiro atoms. The van der Waals surface area contributed by atoms with Crippen molar-refractivity contribution in [2.45, 2.75) is 25.1 Å². The molecule has 0 fully saturated rings. The molecule has 17 heavy (non-hydrogen) atoms. The summed E-state index contributed by atoms with van der Waals surface area (Å²) >= 11 is 3.50. The fraction of sp³-hybridized carbons (Fsp3) is 0.500. The van der Waals surface area contributed by atoms with Gasteiger partial charge in [-0.3, -0.25) is 9.59 Å². The molecule has 1 unspecified atom stereocenters. The van der Waals surface area contributed by atoms with Crippen molar-refractivity contribution >= 4 is 21.8 Å². The summed E-state index contributed by atoms with van der Waals surface area (Å²) in [6.45, 7) is 4.77. The van der Waals surface area contributed by atoms with Crippen LogP contribution in [-0.2, 0) is 0 Å². The highest BCUT2D eigenvalue weighted by Crippen LogP contribution is 2.11. The maximum absolute atomic E-state index is 11.7. The van der Waals surface area contributed by atoms with Crippen molar-refractivity contribution in [3.63, 3.8) is 0 Å². The van der Waals surface area contributed by atoms with Gasteiger partial charge in [-0.2, -0.15) is 0 Å². The number of hydrogen-bond donors (Lipinski definition) is 2. The fourth-order valence-corrected chi connectivity index (χ4v) is 2.40. The van der Waals surface area contributed by atoms with Crippen molar-refractivity contribution in [3.8, 4) is 0 Å². The molecule has 1 aromatic heterocycles. The Hall–Kier alpha value is -1.10. The summed E-state index contributed by atoms with van der Waals surface area (Å²) in [5.41, 5.74) is -0.118. The normalized spacial score (nSPS) is 12.5. The molecule has 0 saturated carbocycles. The second-order valence-electron chi connectivity index (χ2n) is 4.36. The predicted molar refractivity (Wildman–Crippen MR) is 71.6 cm³/mol. The zero-order chi connectivity index (χ0) is 12.8. The number of hydrogen-bond acceptors (Lipinski definition) is 2. The molecule has 0 radical (unpaired) electrons. The summed E-state index contributed by atoms with van der Waals surface area (Å²) in [4.78, 5) is 26.1. The van der Waals surface area contributed by atoms with E-state index < -0.39 is 0 Å². The highest BCUT2D eigenvalue weighted by Gasteiger charge is 2.12. The van der Waals surface area contributed by atoms with E-state index in [1.807, 2.05) is 0 Å². The monoisotopic (exact) mass is 300 g/mol. The van der Waals surface area contributed by atoms with Crippen LogP contribution in [0.2, 0.25) is 0 Å². The number of carbonyl (C=O) groups excluding carboxylic acids is 1. The first-order valence-electron chi connectivity index (χ1n) is 5.60. The number of aromatic amines is 1. The van der Waals surface area contributed by atoms with Crippen molar-refractivity contribution in [2.24, 2.45) is 5.92 Å². The molecular weight excluding hydrogens is 284 g/mol. The summed E-state index contributed by atoms with van der Waals surface area (Å²) in [7, 11) is 0. The number of nitrogens with one attached hydrogen (secondary N) is 2. The van der Waals surface area contributed by atoms with Crippen molar-refractivity contribution in [3.05, 3.63) is 34.2 Å². The predicted octanol–water partition coefficient (Wildman–Crippen LogP) is 1.91. The van der Waals surface area contributed by atoms with Crippen molar-refractivity contribution in [1.29, 1.82) is 0 Å². The number of carbonyl (C=O) groups is 1. The van der Waals surface area contributed by atoms with Gasteiger partial charge >= 0.3 is 0 Å². The minimum atomic E-state index is -0.333. The third-order valence-electron chi connectivity index (χ3n) is 2.28. The van der Waals surface area contributed by atoms with Gasteiger partial charge in [0.1, 0.15) is 5.56 Å². The van der Waals surface area contributed by atoms with Crippen molar-refractivity contribution in [1.82, 2.24) is 10.3 Å². The Morgan fingerprint density at radius 2 is 2.24 bits per heavy atom. The molecule has 0 bridgehead atoms. The molecule has 1 rings (SSSR count). The van der Waals surface area contributed by atoms with Gasteiger partial charge in [-0.25, -0.2) is 0 Å². The minimum Gasteiger partial charge on any atom is -0.367 e. The Bertz CT molecular complexity index is 429. The zero-order valence-electron chi connectivity index (χ0n) is 10.00. The highest BCUT2D eigenvalue weighted by molar-refractivity contribution is 9.09. The van der Waals surface area contributed by atoms with Gasteiger partial charge in [0.05, 0.1) is 0 Å². The first-order valence-corrected chi connectivity index (χ1v) is 6.51. The van der Waals surface area contributed by atoms with Crippen LogP contribution in [0.5, 0.6) is 0 Å². The third-order valence-corrected chi connectivity index (χ3v) is 2.98. The van der Waals surface area contributed by atoms with Crippen molar-refractivity contribution in [2.75, 3.05) is 6.54 Å². The largest absolute Gasteiger partial charge is 0.367 e. The summed E-state index contributed by atoms with van der Waals surface area (Å²) in [5.74, 6) is 0.233. The molecule has 2 N–H and O–H groups in total. The van der Waals surface area contributed by atoms with Crippen LogP contribution in [0.3, 0.4) is 0 Å². The van der Waals surface area contributed by atoms with Gasteiger partial charge in [-0.05, 0) is 12.3 Å². The zero-order valence-corrected chi connectivity index (χ0v) is 11.6. The summed E-state index contributed by atoms with van der Waals surface area (Å²) in [6.07, 6.45) is 3.90. The molecule has 1 atom stereocenters. The molecule has 5 heteroatoms. The van der Waals surface area contributed by atoms with Gasteiger partial charge in [0.2, 0.25) is 0 Å². The van der Waals surface area contributed by atoms with Gasteiger partial charge in [-0.15, -0.1) is 0 Å². The summed E-state index contributed by atoms with van der Waals surface area (Å²) in [6, 6.07) is 1.34. The SMILES string of the molecule is CC(C)CC(Br)CNC(=O)c1c[nH]ccc1=O. The lowest BCUT2D eigenvalue weighted by Gasteiger charge is -2.12. The number of rotatable bonds is 5. The summed E-state index contributed by atoms with van der Waals surface area (Å²) < 4.78 is 0. The standard InChI is InChI=1S/C12H17BrN2O2/c1-8(2)5-9(13)6-15-12(17)10-7-14-4-3-11(10)16/h3-4,7-9H,5-6H2,1-2H3,(H,14,16)(H,15,17). The lowest BCUT2D eigenvalue weighted by molar-refractivity contribution is 0.0952. The van der Waals surface area contributed by atoms with Gasteiger partial charge < -0.3 is 10.3 Å². The maximum Gasteiger partial charge on any atom is 0.256 e. The molecule has 1 aromatic rings. The smallest absolute Gasteiger partial charge is 0.256 e. The number of halogens is 1. The quantitative estimate of drug-likeness (QED) is 0.816. The average molecular weight is 301 g/mol.